The van der Waals surface area contributed by atoms with Crippen LogP contribution in [0.3, 0.4) is 0 Å². The molecule has 1 heterocycles. The minimum Gasteiger partial charge on any atom is -0.381 e. The van der Waals surface area contributed by atoms with Gasteiger partial charge >= 0.3 is 0 Å². The van der Waals surface area contributed by atoms with E-state index in [0.717, 1.165) is 36.9 Å². The number of rotatable bonds is 2. The highest BCUT2D eigenvalue weighted by Gasteiger charge is 2.27. The van der Waals surface area contributed by atoms with Crippen LogP contribution in [0.25, 0.3) is 0 Å². The van der Waals surface area contributed by atoms with Crippen LogP contribution >= 0.6 is 0 Å². The van der Waals surface area contributed by atoms with Crippen LogP contribution in [0.2, 0.25) is 0 Å². The third kappa shape index (κ3) is 3.27. The Hall–Kier alpha value is -0.0400. The molecule has 0 aliphatic carbocycles. The van der Waals surface area contributed by atoms with Crippen LogP contribution in [-0.4, -0.2) is 13.2 Å². The van der Waals surface area contributed by atoms with Crippen molar-refractivity contribution < 1.29 is 4.74 Å². The topological polar surface area (TPSA) is 9.23 Å². The highest BCUT2D eigenvalue weighted by molar-refractivity contribution is 4.76. The highest BCUT2D eigenvalue weighted by atomic mass is 16.5. The fourth-order valence-electron chi connectivity index (χ4n) is 2.83. The first-order chi connectivity index (χ1) is 6.63. The molecular weight excluding hydrogens is 172 g/mol. The maximum Gasteiger partial charge on any atom is 0.0468 e. The average Bonchev–Trinajstić information content (AvgIpc) is 2.01. The van der Waals surface area contributed by atoms with Crippen LogP contribution in [0.1, 0.15) is 47.0 Å². The molecule has 0 saturated carbocycles. The Labute approximate surface area is 89.2 Å². The van der Waals surface area contributed by atoms with Crippen molar-refractivity contribution in [1.82, 2.24) is 0 Å². The van der Waals surface area contributed by atoms with E-state index in [4.69, 9.17) is 4.74 Å². The van der Waals surface area contributed by atoms with Crippen molar-refractivity contribution in [2.24, 2.45) is 23.7 Å². The summed E-state index contributed by atoms with van der Waals surface area (Å²) in [5, 5.41) is 0. The van der Waals surface area contributed by atoms with Gasteiger partial charge in [0.25, 0.3) is 0 Å². The second kappa shape index (κ2) is 5.75. The second-order valence-corrected chi connectivity index (χ2v) is 5.36. The summed E-state index contributed by atoms with van der Waals surface area (Å²) in [5.74, 6) is 3.43. The zero-order valence-corrected chi connectivity index (χ0v) is 10.3. The summed E-state index contributed by atoms with van der Waals surface area (Å²) in [6.45, 7) is 11.4. The zero-order valence-electron chi connectivity index (χ0n) is 10.3. The summed E-state index contributed by atoms with van der Waals surface area (Å²) in [6.07, 6.45) is 3.88. The maximum atomic E-state index is 5.58. The Bertz CT molecular complexity index is 133. The molecule has 0 aromatic rings. The van der Waals surface area contributed by atoms with Gasteiger partial charge in [-0.15, -0.1) is 0 Å². The quantitative estimate of drug-likeness (QED) is 0.657. The van der Waals surface area contributed by atoms with Crippen molar-refractivity contribution in [2.75, 3.05) is 13.2 Å². The second-order valence-electron chi connectivity index (χ2n) is 5.36. The van der Waals surface area contributed by atoms with Crippen molar-refractivity contribution in [3.63, 3.8) is 0 Å². The average molecular weight is 198 g/mol. The zero-order chi connectivity index (χ0) is 10.6. The van der Waals surface area contributed by atoms with Gasteiger partial charge < -0.3 is 4.74 Å². The maximum absolute atomic E-state index is 5.58. The van der Waals surface area contributed by atoms with Gasteiger partial charge in [-0.05, 0) is 42.9 Å². The summed E-state index contributed by atoms with van der Waals surface area (Å²) >= 11 is 0. The summed E-state index contributed by atoms with van der Waals surface area (Å²) in [5.41, 5.74) is 0. The van der Waals surface area contributed by atoms with E-state index >= 15 is 0 Å². The molecule has 1 heteroatoms. The van der Waals surface area contributed by atoms with Gasteiger partial charge in [-0.1, -0.05) is 27.7 Å². The molecule has 1 aliphatic heterocycles. The van der Waals surface area contributed by atoms with Gasteiger partial charge in [0.1, 0.15) is 0 Å². The van der Waals surface area contributed by atoms with Crippen LogP contribution in [0, 0.1) is 23.7 Å². The third-order valence-electron chi connectivity index (χ3n) is 3.68. The van der Waals surface area contributed by atoms with Gasteiger partial charge in [0.05, 0.1) is 0 Å². The Kier molecular flexibility index (Phi) is 4.94. The van der Waals surface area contributed by atoms with Crippen molar-refractivity contribution >= 4 is 0 Å². The lowest BCUT2D eigenvalue weighted by molar-refractivity contribution is 0.0525. The molecule has 1 aliphatic rings. The van der Waals surface area contributed by atoms with Crippen LogP contribution in [0.5, 0.6) is 0 Å². The van der Waals surface area contributed by atoms with E-state index < -0.39 is 0 Å². The summed E-state index contributed by atoms with van der Waals surface area (Å²) < 4.78 is 5.58. The standard InChI is InChI=1S/C13H26O/c1-10(2)12-6-5-8-14-9-7-13(12)11(3)4/h10-13H,5-9H2,1-4H3. The molecule has 0 aromatic heterocycles. The molecule has 1 rings (SSSR count). The third-order valence-corrected chi connectivity index (χ3v) is 3.68. The fourth-order valence-corrected chi connectivity index (χ4v) is 2.83. The predicted molar refractivity (Wildman–Crippen MR) is 61.3 cm³/mol. The van der Waals surface area contributed by atoms with Crippen LogP contribution in [-0.2, 0) is 4.74 Å². The van der Waals surface area contributed by atoms with E-state index in [9.17, 15) is 0 Å². The Balaban J connectivity index is 2.60. The van der Waals surface area contributed by atoms with Gasteiger partial charge in [0.15, 0.2) is 0 Å². The number of hydrogen-bond acceptors (Lipinski definition) is 1. The summed E-state index contributed by atoms with van der Waals surface area (Å²) in [7, 11) is 0. The highest BCUT2D eigenvalue weighted by Crippen LogP contribution is 2.34. The number of ether oxygens (including phenoxy) is 1. The first-order valence-electron chi connectivity index (χ1n) is 6.20. The van der Waals surface area contributed by atoms with E-state index in [1.54, 1.807) is 0 Å². The minimum absolute atomic E-state index is 0.809. The lowest BCUT2D eigenvalue weighted by atomic mass is 9.73. The van der Waals surface area contributed by atoms with Crippen LogP contribution in [0.15, 0.2) is 0 Å². The van der Waals surface area contributed by atoms with Gasteiger partial charge in [-0.25, -0.2) is 0 Å². The largest absolute Gasteiger partial charge is 0.381 e. The molecule has 0 amide bonds. The molecule has 1 saturated heterocycles. The van der Waals surface area contributed by atoms with E-state index in [1.807, 2.05) is 0 Å². The van der Waals surface area contributed by atoms with E-state index in [2.05, 4.69) is 27.7 Å². The Morgan fingerprint density at radius 2 is 1.43 bits per heavy atom. The van der Waals surface area contributed by atoms with Crippen LogP contribution < -0.4 is 0 Å². The van der Waals surface area contributed by atoms with Crippen molar-refractivity contribution in [2.45, 2.75) is 47.0 Å². The fraction of sp³-hybridized carbons (Fsp3) is 1.00. The van der Waals surface area contributed by atoms with Gasteiger partial charge in [-0.3, -0.25) is 0 Å². The lowest BCUT2D eigenvalue weighted by Gasteiger charge is -2.34. The molecule has 0 spiro atoms. The molecule has 0 N–H and O–H groups in total. The molecular formula is C13H26O. The number of hydrogen-bond donors (Lipinski definition) is 0. The molecule has 1 fully saturated rings. The first kappa shape index (κ1) is 12.0. The van der Waals surface area contributed by atoms with Crippen molar-refractivity contribution in [1.29, 1.82) is 0 Å². The van der Waals surface area contributed by atoms with E-state index in [-0.39, 0.29) is 0 Å². The van der Waals surface area contributed by atoms with E-state index in [1.165, 1.54) is 19.3 Å². The Morgan fingerprint density at radius 1 is 0.857 bits per heavy atom. The smallest absolute Gasteiger partial charge is 0.0468 e. The molecule has 0 aromatic carbocycles. The molecule has 14 heavy (non-hydrogen) atoms. The van der Waals surface area contributed by atoms with Crippen LogP contribution in [0.4, 0.5) is 0 Å². The molecule has 0 bridgehead atoms. The lowest BCUT2D eigenvalue weighted by Crippen LogP contribution is -2.28. The molecule has 0 radical (unpaired) electrons. The van der Waals surface area contributed by atoms with Crippen molar-refractivity contribution in [3.8, 4) is 0 Å². The molecule has 84 valence electrons. The first-order valence-corrected chi connectivity index (χ1v) is 6.20. The van der Waals surface area contributed by atoms with Gasteiger partial charge in [0.2, 0.25) is 0 Å². The monoisotopic (exact) mass is 198 g/mol. The van der Waals surface area contributed by atoms with Gasteiger partial charge in [0, 0.05) is 13.2 Å². The molecule has 2 unspecified atom stereocenters. The Morgan fingerprint density at radius 3 is 2.00 bits per heavy atom. The SMILES string of the molecule is CC(C)C1CCCOCCC1C(C)C. The molecule has 2 atom stereocenters. The predicted octanol–water partition coefficient (Wildman–Crippen LogP) is 3.73. The van der Waals surface area contributed by atoms with E-state index in [0.29, 0.717) is 0 Å². The van der Waals surface area contributed by atoms with Gasteiger partial charge in [-0.2, -0.15) is 0 Å². The summed E-state index contributed by atoms with van der Waals surface area (Å²) in [4.78, 5) is 0. The van der Waals surface area contributed by atoms with Crippen molar-refractivity contribution in [3.05, 3.63) is 0 Å². The molecule has 1 nitrogen and oxygen atoms in total. The minimum atomic E-state index is 0.809. The normalized spacial score (nSPS) is 30.4. The summed E-state index contributed by atoms with van der Waals surface area (Å²) in [6, 6.07) is 0.